The van der Waals surface area contributed by atoms with E-state index in [1.165, 1.54) is 10.5 Å². The molecular weight excluding hydrogens is 516 g/mol. The fourth-order valence-corrected chi connectivity index (χ4v) is 8.37. The highest BCUT2D eigenvalue weighted by molar-refractivity contribution is 7.88. The second-order valence-electron chi connectivity index (χ2n) is 11.7. The van der Waals surface area contributed by atoms with Crippen LogP contribution in [0.3, 0.4) is 0 Å². The van der Waals surface area contributed by atoms with E-state index < -0.39 is 28.0 Å². The van der Waals surface area contributed by atoms with Crippen LogP contribution in [0.25, 0.3) is 0 Å². The van der Waals surface area contributed by atoms with Crippen LogP contribution >= 0.6 is 0 Å². The fraction of sp³-hybridized carbons (Fsp3) is 0.586. The van der Waals surface area contributed by atoms with Crippen LogP contribution in [-0.4, -0.2) is 83.4 Å². The molecule has 9 nitrogen and oxygen atoms in total. The van der Waals surface area contributed by atoms with E-state index in [0.29, 0.717) is 49.9 Å². The van der Waals surface area contributed by atoms with Gasteiger partial charge in [0.1, 0.15) is 6.04 Å². The Labute approximate surface area is 231 Å². The summed E-state index contributed by atoms with van der Waals surface area (Å²) >= 11 is 0. The van der Waals surface area contributed by atoms with Gasteiger partial charge in [0, 0.05) is 50.3 Å². The zero-order valence-corrected chi connectivity index (χ0v) is 23.5. The van der Waals surface area contributed by atoms with E-state index in [1.54, 1.807) is 23.2 Å². The second-order valence-corrected chi connectivity index (χ2v) is 13.6. The molecule has 0 N–H and O–H groups in total. The maximum atomic E-state index is 13.9. The number of Topliss-reactive ketones (excluding diaryl/α,β-unsaturated/α-hetero) is 1. The Balaban J connectivity index is 1.27. The Morgan fingerprint density at radius 3 is 2.59 bits per heavy atom. The topological polar surface area (TPSA) is 108 Å². The van der Waals surface area contributed by atoms with Gasteiger partial charge in [0.05, 0.1) is 18.3 Å². The molecule has 4 aliphatic rings. The van der Waals surface area contributed by atoms with Crippen molar-refractivity contribution in [2.45, 2.75) is 57.4 Å². The number of hydrogen-bond donors (Lipinski definition) is 0. The first-order chi connectivity index (χ1) is 18.6. The van der Waals surface area contributed by atoms with Gasteiger partial charge in [-0.3, -0.25) is 19.4 Å². The first kappa shape index (κ1) is 27.7. The average molecular weight is 555 g/mol. The molecule has 0 spiro atoms. The zero-order valence-electron chi connectivity index (χ0n) is 22.7. The number of amides is 2. The normalized spacial score (nSPS) is 27.6. The number of hydrogen-bond acceptors (Lipinski definition) is 6. The largest absolute Gasteiger partial charge is 0.342 e. The minimum atomic E-state index is -3.77. The van der Waals surface area contributed by atoms with Gasteiger partial charge >= 0.3 is 0 Å². The Bertz CT molecular complexity index is 1260. The Hall–Kier alpha value is -2.85. The number of likely N-dealkylation sites (tertiary alicyclic amines) is 2. The van der Waals surface area contributed by atoms with Crippen molar-refractivity contribution in [1.29, 1.82) is 0 Å². The minimum Gasteiger partial charge on any atom is -0.342 e. The van der Waals surface area contributed by atoms with E-state index >= 15 is 0 Å². The van der Waals surface area contributed by atoms with Crippen molar-refractivity contribution < 1.29 is 22.8 Å². The van der Waals surface area contributed by atoms with Crippen molar-refractivity contribution in [1.82, 2.24) is 19.1 Å². The molecule has 0 saturated carbocycles. The standard InChI is InChI=1S/C29H38N4O5S/c1-20(2)14-24(15-27(35)31-12-9-22-7-3-4-8-23(22)17-31)29(36)32-13-10-25-28(32)26(34)18-33(25)39(37,38)19-21-6-5-11-30-16-21/h3-8,11,16,20,22-25,28H,9-10,12-15,17-19H2,1-2H3. The summed E-state index contributed by atoms with van der Waals surface area (Å²) in [6, 6.07) is 2.02. The lowest BCUT2D eigenvalue weighted by Gasteiger charge is -2.38. The monoisotopic (exact) mass is 554 g/mol. The van der Waals surface area contributed by atoms with Crippen LogP contribution in [0.15, 0.2) is 48.8 Å². The van der Waals surface area contributed by atoms with Gasteiger partial charge in [0.2, 0.25) is 21.8 Å². The molecule has 5 atom stereocenters. The molecule has 0 bridgehead atoms. The molecule has 1 aliphatic carbocycles. The SMILES string of the molecule is CC(C)CC(CC(=O)N1CCC2C=CC=CC2C1)C(=O)N1CCC2C1C(=O)CN2S(=O)(=O)Cc1cccnc1. The summed E-state index contributed by atoms with van der Waals surface area (Å²) in [6.45, 7) is 5.46. The van der Waals surface area contributed by atoms with Gasteiger partial charge in [-0.05, 0) is 42.7 Å². The molecule has 5 rings (SSSR count). The number of piperidine rings is 1. The van der Waals surface area contributed by atoms with Crippen molar-refractivity contribution in [3.05, 3.63) is 54.4 Å². The average Bonchev–Trinajstić information content (AvgIpc) is 3.49. The Kier molecular flexibility index (Phi) is 8.05. The summed E-state index contributed by atoms with van der Waals surface area (Å²) < 4.78 is 27.8. The van der Waals surface area contributed by atoms with Gasteiger partial charge in [0.25, 0.3) is 0 Å². The van der Waals surface area contributed by atoms with Crippen molar-refractivity contribution >= 4 is 27.6 Å². The number of carbonyl (C=O) groups is 3. The third-order valence-corrected chi connectivity index (χ3v) is 10.3. The molecule has 3 fully saturated rings. The summed E-state index contributed by atoms with van der Waals surface area (Å²) in [5, 5.41) is 0. The van der Waals surface area contributed by atoms with Crippen molar-refractivity contribution in [2.24, 2.45) is 23.7 Å². The van der Waals surface area contributed by atoms with E-state index in [2.05, 4.69) is 23.2 Å². The van der Waals surface area contributed by atoms with Gasteiger partial charge in [-0.15, -0.1) is 0 Å². The van der Waals surface area contributed by atoms with Gasteiger partial charge in [-0.2, -0.15) is 4.31 Å². The van der Waals surface area contributed by atoms with Crippen molar-refractivity contribution in [2.75, 3.05) is 26.2 Å². The summed E-state index contributed by atoms with van der Waals surface area (Å²) in [4.78, 5) is 47.8. The first-order valence-corrected chi connectivity index (χ1v) is 15.6. The van der Waals surface area contributed by atoms with E-state index in [4.69, 9.17) is 0 Å². The zero-order chi connectivity index (χ0) is 27.7. The van der Waals surface area contributed by atoms with Crippen LogP contribution in [0.2, 0.25) is 0 Å². The molecular formula is C29H38N4O5S. The highest BCUT2D eigenvalue weighted by Gasteiger charge is 2.54. The van der Waals surface area contributed by atoms with Gasteiger partial charge in [-0.25, -0.2) is 8.42 Å². The molecule has 210 valence electrons. The van der Waals surface area contributed by atoms with Crippen LogP contribution in [0, 0.1) is 23.7 Å². The second kappa shape index (κ2) is 11.3. The third kappa shape index (κ3) is 5.87. The number of nitrogens with zero attached hydrogens (tertiary/aromatic N) is 4. The summed E-state index contributed by atoms with van der Waals surface area (Å²) in [5.41, 5.74) is 0.554. The molecule has 3 saturated heterocycles. The summed E-state index contributed by atoms with van der Waals surface area (Å²) in [5.74, 6) is -0.305. The summed E-state index contributed by atoms with van der Waals surface area (Å²) in [7, 11) is -3.77. The maximum absolute atomic E-state index is 13.9. The molecule has 10 heteroatoms. The van der Waals surface area contributed by atoms with E-state index in [9.17, 15) is 22.8 Å². The van der Waals surface area contributed by atoms with E-state index in [0.717, 1.165) is 6.42 Å². The Morgan fingerprint density at radius 2 is 1.87 bits per heavy atom. The number of aromatic nitrogens is 1. The third-order valence-electron chi connectivity index (χ3n) is 8.51. The van der Waals surface area contributed by atoms with Crippen LogP contribution in [0.5, 0.6) is 0 Å². The van der Waals surface area contributed by atoms with Crippen molar-refractivity contribution in [3.8, 4) is 0 Å². The van der Waals surface area contributed by atoms with Crippen LogP contribution < -0.4 is 0 Å². The van der Waals surface area contributed by atoms with Crippen LogP contribution in [0.4, 0.5) is 0 Å². The molecule has 1 aromatic heterocycles. The number of rotatable bonds is 8. The number of pyridine rings is 1. The predicted molar refractivity (Wildman–Crippen MR) is 146 cm³/mol. The highest BCUT2D eigenvalue weighted by atomic mass is 32.2. The van der Waals surface area contributed by atoms with Crippen LogP contribution in [-0.2, 0) is 30.2 Å². The number of fused-ring (bicyclic) bond motifs is 2. The minimum absolute atomic E-state index is 0.0235. The smallest absolute Gasteiger partial charge is 0.226 e. The molecule has 4 heterocycles. The molecule has 0 radical (unpaired) electrons. The van der Waals surface area contributed by atoms with Gasteiger partial charge in [-0.1, -0.05) is 44.2 Å². The Morgan fingerprint density at radius 1 is 1.10 bits per heavy atom. The first-order valence-electron chi connectivity index (χ1n) is 14.0. The van der Waals surface area contributed by atoms with Gasteiger partial charge < -0.3 is 9.80 Å². The van der Waals surface area contributed by atoms with Gasteiger partial charge in [0.15, 0.2) is 5.78 Å². The lowest BCUT2D eigenvalue weighted by molar-refractivity contribution is -0.144. The molecule has 5 unspecified atom stereocenters. The van der Waals surface area contributed by atoms with Crippen LogP contribution in [0.1, 0.15) is 45.1 Å². The summed E-state index contributed by atoms with van der Waals surface area (Å²) in [6.07, 6.45) is 13.5. The fourth-order valence-electron chi connectivity index (χ4n) is 6.66. The maximum Gasteiger partial charge on any atom is 0.226 e. The number of ketones is 1. The lowest BCUT2D eigenvalue weighted by Crippen LogP contribution is -2.48. The molecule has 0 aromatic carbocycles. The number of carbonyl (C=O) groups excluding carboxylic acids is 3. The highest BCUT2D eigenvalue weighted by Crippen LogP contribution is 2.35. The van der Waals surface area contributed by atoms with E-state index in [1.807, 2.05) is 24.8 Å². The quantitative estimate of drug-likeness (QED) is 0.489. The molecule has 3 aliphatic heterocycles. The lowest BCUT2D eigenvalue weighted by atomic mass is 9.82. The van der Waals surface area contributed by atoms with Crippen molar-refractivity contribution in [3.63, 3.8) is 0 Å². The molecule has 1 aromatic rings. The molecule has 39 heavy (non-hydrogen) atoms. The number of sulfonamides is 1. The van der Waals surface area contributed by atoms with E-state index in [-0.39, 0.29) is 42.2 Å². The predicted octanol–water partition coefficient (Wildman–Crippen LogP) is 2.41. The number of allylic oxidation sites excluding steroid dienone is 3. The molecule has 2 amide bonds.